The van der Waals surface area contributed by atoms with E-state index in [1.54, 1.807) is 6.92 Å². The molecule has 3 aromatic rings. The Kier molecular flexibility index (Phi) is 11.8. The molecule has 6 N–H and O–H groups in total. The second kappa shape index (κ2) is 16.2. The van der Waals surface area contributed by atoms with Gasteiger partial charge in [-0.2, -0.15) is 5.43 Å². The number of aryl methyl sites for hydroxylation is 1. The lowest BCUT2D eigenvalue weighted by Crippen LogP contribution is -2.93. The molecule has 2 heterocycles. The van der Waals surface area contributed by atoms with E-state index in [4.69, 9.17) is 4.74 Å². The van der Waals surface area contributed by atoms with E-state index in [2.05, 4.69) is 31.6 Å². The standard InChI is InChI=1S/C31H37N7O4S/c1-3-42-31(41)32-21(2)24-13-9-12-23(18-24)20-28(40)34-30-38-37-29(43-30)15-8-7-14-25-16-17-26(36-35-25)33-27(39)19-22-10-5-4-6-11-22/h4-6,9-13,16-18,21,35-36H,3,7-8,14-15,19-20H2,1-2H3,(H,32,41)(H,33,39)(H,34,38,40)/p+1. The fraction of sp³-hybridized carbons (Fsp3) is 0.323. The van der Waals surface area contributed by atoms with Crippen LogP contribution >= 0.6 is 11.3 Å². The molecule has 12 heteroatoms. The summed E-state index contributed by atoms with van der Waals surface area (Å²) in [4.78, 5) is 36.6. The molecule has 11 nitrogen and oxygen atoms in total. The van der Waals surface area contributed by atoms with Crippen molar-refractivity contribution in [3.63, 3.8) is 0 Å². The van der Waals surface area contributed by atoms with Gasteiger partial charge < -0.3 is 15.4 Å². The lowest BCUT2D eigenvalue weighted by molar-refractivity contribution is -0.664. The van der Waals surface area contributed by atoms with Crippen LogP contribution in [0.2, 0.25) is 0 Å². The van der Waals surface area contributed by atoms with Crippen LogP contribution in [0.5, 0.6) is 0 Å². The van der Waals surface area contributed by atoms with Gasteiger partial charge in [0, 0.05) is 12.5 Å². The maximum atomic E-state index is 12.6. The molecule has 0 saturated carbocycles. The zero-order valence-electron chi connectivity index (χ0n) is 24.4. The predicted octanol–water partition coefficient (Wildman–Crippen LogP) is 3.41. The minimum absolute atomic E-state index is 0.0517. The molecule has 0 fully saturated rings. The Morgan fingerprint density at radius 1 is 0.930 bits per heavy atom. The number of nitrogens with one attached hydrogen (secondary N) is 4. The van der Waals surface area contributed by atoms with Crippen LogP contribution in [-0.4, -0.2) is 34.7 Å². The first-order valence-corrected chi connectivity index (χ1v) is 15.2. The number of carbonyl (C=O) groups is 3. The number of carbonyl (C=O) groups excluding carboxylic acids is 3. The first-order chi connectivity index (χ1) is 20.9. The molecular formula is C31H38N7O4S+. The minimum atomic E-state index is -0.473. The van der Waals surface area contributed by atoms with Crippen LogP contribution < -0.4 is 26.8 Å². The summed E-state index contributed by atoms with van der Waals surface area (Å²) in [6.45, 7) is 3.92. The minimum Gasteiger partial charge on any atom is -0.450 e. The third-order valence-electron chi connectivity index (χ3n) is 6.59. The van der Waals surface area contributed by atoms with Crippen molar-refractivity contribution < 1.29 is 24.5 Å². The van der Waals surface area contributed by atoms with Gasteiger partial charge in [0.15, 0.2) is 0 Å². The number of anilines is 1. The summed E-state index contributed by atoms with van der Waals surface area (Å²) < 4.78 is 4.94. The normalized spacial score (nSPS) is 13.2. The van der Waals surface area contributed by atoms with Gasteiger partial charge in [-0.15, -0.1) is 10.2 Å². The van der Waals surface area contributed by atoms with Crippen LogP contribution in [0.15, 0.2) is 78.3 Å². The zero-order valence-corrected chi connectivity index (χ0v) is 25.2. The van der Waals surface area contributed by atoms with Crippen molar-refractivity contribution in [3.8, 4) is 0 Å². The Bertz CT molecular complexity index is 1460. The fourth-order valence-corrected chi connectivity index (χ4v) is 5.23. The Hall–Kier alpha value is -4.55. The Morgan fingerprint density at radius 2 is 1.67 bits per heavy atom. The highest BCUT2D eigenvalue weighted by atomic mass is 32.1. The monoisotopic (exact) mass is 604 g/mol. The number of benzene rings is 2. The van der Waals surface area contributed by atoms with Crippen molar-refractivity contribution >= 4 is 34.4 Å². The van der Waals surface area contributed by atoms with Gasteiger partial charge in [0.25, 0.3) is 0 Å². The van der Waals surface area contributed by atoms with E-state index in [0.29, 0.717) is 18.2 Å². The molecule has 43 heavy (non-hydrogen) atoms. The van der Waals surface area contributed by atoms with Gasteiger partial charge in [0.05, 0.1) is 31.2 Å². The average molecular weight is 605 g/mol. The molecule has 1 aliphatic heterocycles. The van der Waals surface area contributed by atoms with Crippen molar-refractivity contribution in [2.75, 3.05) is 11.9 Å². The number of aromatic nitrogens is 2. The Balaban J connectivity index is 1.15. The molecule has 1 unspecified atom stereocenters. The summed E-state index contributed by atoms with van der Waals surface area (Å²) in [5, 5.41) is 18.2. The quantitative estimate of drug-likeness (QED) is 0.140. The van der Waals surface area contributed by atoms with E-state index < -0.39 is 6.09 Å². The molecule has 0 bridgehead atoms. The zero-order chi connectivity index (χ0) is 30.4. The smallest absolute Gasteiger partial charge is 0.407 e. The molecule has 4 rings (SSSR count). The number of ether oxygens (including phenoxy) is 1. The van der Waals surface area contributed by atoms with Crippen molar-refractivity contribution in [2.45, 2.75) is 58.4 Å². The summed E-state index contributed by atoms with van der Waals surface area (Å²) >= 11 is 1.38. The maximum absolute atomic E-state index is 12.6. The summed E-state index contributed by atoms with van der Waals surface area (Å²) in [6, 6.07) is 16.9. The van der Waals surface area contributed by atoms with Gasteiger partial charge in [-0.05, 0) is 55.9 Å². The first-order valence-electron chi connectivity index (χ1n) is 14.4. The molecule has 1 aliphatic rings. The Labute approximate surface area is 255 Å². The second-order valence-electron chi connectivity index (χ2n) is 10.1. The highest BCUT2D eigenvalue weighted by molar-refractivity contribution is 7.15. The summed E-state index contributed by atoms with van der Waals surface area (Å²) in [5.41, 5.74) is 8.85. The van der Waals surface area contributed by atoms with E-state index >= 15 is 0 Å². The molecule has 0 spiro atoms. The average Bonchev–Trinajstić information content (AvgIpc) is 3.43. The fourth-order valence-electron chi connectivity index (χ4n) is 4.43. The number of nitrogens with zero attached hydrogens (tertiary/aromatic N) is 2. The summed E-state index contributed by atoms with van der Waals surface area (Å²) in [5.74, 6) is 0.506. The van der Waals surface area contributed by atoms with E-state index in [1.807, 2.05) is 79.1 Å². The van der Waals surface area contributed by atoms with Gasteiger partial charge in [-0.25, -0.2) is 10.2 Å². The Morgan fingerprint density at radius 3 is 2.44 bits per heavy atom. The van der Waals surface area contributed by atoms with E-state index in [0.717, 1.165) is 58.9 Å². The number of unbranched alkanes of at least 4 members (excludes halogenated alkanes) is 1. The third kappa shape index (κ3) is 10.7. The largest absolute Gasteiger partial charge is 0.450 e. The lowest BCUT2D eigenvalue weighted by atomic mass is 10.0. The van der Waals surface area contributed by atoms with Crippen LogP contribution in [0.3, 0.4) is 0 Å². The van der Waals surface area contributed by atoms with Crippen molar-refractivity contribution in [3.05, 3.63) is 100.0 Å². The third-order valence-corrected chi connectivity index (χ3v) is 7.49. The predicted molar refractivity (Wildman–Crippen MR) is 164 cm³/mol. The van der Waals surface area contributed by atoms with Crippen LogP contribution in [0, 0.1) is 0 Å². The first kappa shape index (κ1) is 31.4. The number of hydrogen-bond donors (Lipinski definition) is 5. The molecular weight excluding hydrogens is 566 g/mol. The second-order valence-corrected chi connectivity index (χ2v) is 11.1. The van der Waals surface area contributed by atoms with Crippen molar-refractivity contribution in [2.24, 2.45) is 0 Å². The number of rotatable bonds is 14. The number of amides is 3. The number of allylic oxidation sites excluding steroid dienone is 3. The summed E-state index contributed by atoms with van der Waals surface area (Å²) in [6.07, 6.45) is 7.47. The highest BCUT2D eigenvalue weighted by Crippen LogP contribution is 2.19. The molecule has 0 saturated heterocycles. The van der Waals surface area contributed by atoms with Crippen LogP contribution in [0.25, 0.3) is 0 Å². The number of quaternary nitrogens is 1. The SMILES string of the molecule is CCOC(=O)NC(C)c1cccc(CC(=O)Nc2nnc(CCCCC3=CC=C(NC(=O)Cc4ccccc4)[NH2+]N3)s2)c1. The van der Waals surface area contributed by atoms with Gasteiger partial charge >= 0.3 is 6.09 Å². The maximum Gasteiger partial charge on any atom is 0.407 e. The van der Waals surface area contributed by atoms with Gasteiger partial charge in [-0.3, -0.25) is 14.9 Å². The van der Waals surface area contributed by atoms with Crippen LogP contribution in [-0.2, 0) is 33.6 Å². The molecule has 226 valence electrons. The molecule has 1 atom stereocenters. The van der Waals surface area contributed by atoms with Gasteiger partial charge in [-0.1, -0.05) is 65.9 Å². The topological polar surface area (TPSA) is 151 Å². The number of hydrogen-bond acceptors (Lipinski definition) is 8. The lowest BCUT2D eigenvalue weighted by Gasteiger charge is -2.15. The van der Waals surface area contributed by atoms with E-state index in [9.17, 15) is 14.4 Å². The molecule has 1 aromatic heterocycles. The molecule has 0 radical (unpaired) electrons. The number of alkyl carbamates (subject to hydrolysis) is 1. The number of nitrogens with two attached hydrogens (primary N) is 1. The van der Waals surface area contributed by atoms with Crippen LogP contribution in [0.1, 0.15) is 60.8 Å². The molecule has 0 aliphatic carbocycles. The van der Waals surface area contributed by atoms with Crippen LogP contribution in [0.4, 0.5) is 9.93 Å². The van der Waals surface area contributed by atoms with E-state index in [1.165, 1.54) is 11.3 Å². The van der Waals surface area contributed by atoms with Gasteiger partial charge in [0.1, 0.15) is 5.01 Å². The van der Waals surface area contributed by atoms with Crippen molar-refractivity contribution in [1.82, 2.24) is 26.3 Å². The van der Waals surface area contributed by atoms with Crippen molar-refractivity contribution in [1.29, 1.82) is 0 Å². The highest BCUT2D eigenvalue weighted by Gasteiger charge is 2.15. The molecule has 3 amide bonds. The summed E-state index contributed by atoms with van der Waals surface area (Å²) in [7, 11) is 0. The molecule has 2 aromatic carbocycles. The van der Waals surface area contributed by atoms with E-state index in [-0.39, 0.29) is 24.3 Å². The van der Waals surface area contributed by atoms with Gasteiger partial charge in [0.2, 0.25) is 22.8 Å².